The van der Waals surface area contributed by atoms with E-state index in [1.807, 2.05) is 55.5 Å². The Bertz CT molecular complexity index is 1100. The van der Waals surface area contributed by atoms with E-state index in [4.69, 9.17) is 5.73 Å². The lowest BCUT2D eigenvalue weighted by molar-refractivity contribution is -0.118. The van der Waals surface area contributed by atoms with Crippen LogP contribution in [0.4, 0.5) is 5.69 Å². The first kappa shape index (κ1) is 18.0. The summed E-state index contributed by atoms with van der Waals surface area (Å²) in [5.41, 5.74) is 8.31. The van der Waals surface area contributed by atoms with Crippen molar-refractivity contribution in [2.24, 2.45) is 5.73 Å². The lowest BCUT2D eigenvalue weighted by Crippen LogP contribution is -2.17. The van der Waals surface area contributed by atoms with Crippen molar-refractivity contribution in [1.82, 2.24) is 4.57 Å². The number of amides is 2. The molecule has 0 fully saturated rings. The number of para-hydroxylation sites is 2. The molecular weight excluding hydrogens is 340 g/mol. The molecule has 1 heterocycles. The van der Waals surface area contributed by atoms with E-state index in [1.165, 1.54) is 6.08 Å². The summed E-state index contributed by atoms with van der Waals surface area (Å²) in [5.74, 6) is -0.956. The van der Waals surface area contributed by atoms with Crippen LogP contribution in [0.25, 0.3) is 17.0 Å². The highest BCUT2D eigenvalue weighted by atomic mass is 16.2. The molecule has 3 N–H and O–H groups in total. The highest BCUT2D eigenvalue weighted by Gasteiger charge is 2.14. The van der Waals surface area contributed by atoms with Crippen molar-refractivity contribution in [3.05, 3.63) is 71.4 Å². The summed E-state index contributed by atoms with van der Waals surface area (Å²) in [7, 11) is 0. The van der Waals surface area contributed by atoms with Gasteiger partial charge in [0.15, 0.2) is 0 Å². The topological polar surface area (TPSA) is 101 Å². The average Bonchev–Trinajstić information content (AvgIpc) is 2.98. The first-order valence-electron chi connectivity index (χ1n) is 8.34. The highest BCUT2D eigenvalue weighted by Crippen LogP contribution is 2.24. The van der Waals surface area contributed by atoms with Gasteiger partial charge < -0.3 is 15.6 Å². The molecule has 0 atom stereocenters. The molecule has 0 aliphatic rings. The minimum absolute atomic E-state index is 0.0195. The van der Waals surface area contributed by atoms with Gasteiger partial charge in [0.25, 0.3) is 5.91 Å². The number of primary amides is 1. The van der Waals surface area contributed by atoms with Gasteiger partial charge in [0.05, 0.1) is 0 Å². The predicted octanol–water partition coefficient (Wildman–Crippen LogP) is 2.98. The summed E-state index contributed by atoms with van der Waals surface area (Å²) in [6.45, 7) is 1.90. The SMILES string of the molecule is Cc1ccccc1NC(=O)C(C#N)=Cc1cn(CC(N)=O)c2ccccc12. The summed E-state index contributed by atoms with van der Waals surface area (Å²) >= 11 is 0. The van der Waals surface area contributed by atoms with Crippen molar-refractivity contribution in [3.63, 3.8) is 0 Å². The van der Waals surface area contributed by atoms with Crippen molar-refractivity contribution in [3.8, 4) is 6.07 Å². The van der Waals surface area contributed by atoms with Crippen molar-refractivity contribution in [1.29, 1.82) is 5.26 Å². The van der Waals surface area contributed by atoms with Crippen LogP contribution in [0.5, 0.6) is 0 Å². The van der Waals surface area contributed by atoms with Crippen molar-refractivity contribution in [2.75, 3.05) is 5.32 Å². The molecule has 2 amide bonds. The second-order valence-corrected chi connectivity index (χ2v) is 6.13. The number of carbonyl (C=O) groups is 2. The molecule has 0 spiro atoms. The van der Waals surface area contributed by atoms with Crippen molar-refractivity contribution < 1.29 is 9.59 Å². The summed E-state index contributed by atoms with van der Waals surface area (Å²) in [6, 6.07) is 16.7. The van der Waals surface area contributed by atoms with Crippen molar-refractivity contribution >= 4 is 34.5 Å². The van der Waals surface area contributed by atoms with E-state index < -0.39 is 11.8 Å². The van der Waals surface area contributed by atoms with E-state index >= 15 is 0 Å². The van der Waals surface area contributed by atoms with Crippen LogP contribution < -0.4 is 11.1 Å². The maximum Gasteiger partial charge on any atom is 0.266 e. The van der Waals surface area contributed by atoms with Crippen LogP contribution in [0.15, 0.2) is 60.3 Å². The molecule has 0 aliphatic carbocycles. The number of fused-ring (bicyclic) bond motifs is 1. The van der Waals surface area contributed by atoms with E-state index in [9.17, 15) is 14.9 Å². The van der Waals surface area contributed by atoms with Crippen LogP contribution in [0.2, 0.25) is 0 Å². The van der Waals surface area contributed by atoms with Crippen LogP contribution in [-0.2, 0) is 16.1 Å². The molecule has 0 aliphatic heterocycles. The van der Waals surface area contributed by atoms with Gasteiger partial charge in [-0.1, -0.05) is 36.4 Å². The van der Waals surface area contributed by atoms with Gasteiger partial charge in [0.2, 0.25) is 5.91 Å². The minimum atomic E-state index is -0.487. The Kier molecular flexibility index (Phi) is 5.04. The first-order chi connectivity index (χ1) is 13.0. The number of aryl methyl sites for hydroxylation is 1. The summed E-state index contributed by atoms with van der Waals surface area (Å²) < 4.78 is 1.71. The molecule has 6 heteroatoms. The van der Waals surface area contributed by atoms with Gasteiger partial charge in [-0.05, 0) is 30.7 Å². The Labute approximate surface area is 156 Å². The zero-order valence-electron chi connectivity index (χ0n) is 14.8. The largest absolute Gasteiger partial charge is 0.368 e. The van der Waals surface area contributed by atoms with Crippen LogP contribution >= 0.6 is 0 Å². The maximum atomic E-state index is 12.5. The molecule has 0 saturated carbocycles. The first-order valence-corrected chi connectivity index (χ1v) is 8.34. The number of aromatic nitrogens is 1. The molecule has 0 bridgehead atoms. The Morgan fingerprint density at radius 3 is 2.59 bits per heavy atom. The third-order valence-corrected chi connectivity index (χ3v) is 4.20. The number of benzene rings is 2. The number of rotatable bonds is 5. The molecule has 27 heavy (non-hydrogen) atoms. The molecule has 0 radical (unpaired) electrons. The zero-order valence-corrected chi connectivity index (χ0v) is 14.8. The predicted molar refractivity (Wildman–Crippen MR) is 105 cm³/mol. The quantitative estimate of drug-likeness (QED) is 0.541. The molecule has 3 aromatic rings. The van der Waals surface area contributed by atoms with Gasteiger partial charge in [-0.25, -0.2) is 0 Å². The number of nitriles is 1. The Morgan fingerprint density at radius 2 is 1.89 bits per heavy atom. The van der Waals surface area contributed by atoms with E-state index in [0.29, 0.717) is 11.3 Å². The number of nitrogens with zero attached hydrogens (tertiary/aromatic N) is 2. The standard InChI is InChI=1S/C21H18N4O2/c1-14-6-2-4-8-18(14)24-21(27)15(11-22)10-16-12-25(13-20(23)26)19-9-5-3-7-17(16)19/h2-10,12H,13H2,1H3,(H2,23,26)(H,24,27). The zero-order chi connectivity index (χ0) is 19.4. The van der Waals surface area contributed by atoms with Crippen LogP contribution in [0.1, 0.15) is 11.1 Å². The summed E-state index contributed by atoms with van der Waals surface area (Å²) in [4.78, 5) is 23.9. The van der Waals surface area contributed by atoms with Crippen LogP contribution in [0, 0.1) is 18.3 Å². The van der Waals surface area contributed by atoms with Gasteiger partial charge in [0.1, 0.15) is 18.2 Å². The van der Waals surface area contributed by atoms with E-state index in [2.05, 4.69) is 5.32 Å². The fourth-order valence-corrected chi connectivity index (χ4v) is 2.90. The fraction of sp³-hybridized carbons (Fsp3) is 0.0952. The van der Waals surface area contributed by atoms with E-state index in [-0.39, 0.29) is 12.1 Å². The Hall–Kier alpha value is -3.85. The maximum absolute atomic E-state index is 12.5. The molecule has 134 valence electrons. The molecule has 3 rings (SSSR count). The lowest BCUT2D eigenvalue weighted by Gasteiger charge is -2.07. The second kappa shape index (κ2) is 7.58. The fourth-order valence-electron chi connectivity index (χ4n) is 2.90. The van der Waals surface area contributed by atoms with Gasteiger partial charge >= 0.3 is 0 Å². The Morgan fingerprint density at radius 1 is 1.19 bits per heavy atom. The number of nitrogens with two attached hydrogens (primary N) is 1. The summed E-state index contributed by atoms with van der Waals surface area (Å²) in [6.07, 6.45) is 3.24. The third-order valence-electron chi connectivity index (χ3n) is 4.20. The molecule has 2 aromatic carbocycles. The number of hydrogen-bond acceptors (Lipinski definition) is 3. The number of hydrogen-bond donors (Lipinski definition) is 2. The van der Waals surface area contributed by atoms with Gasteiger partial charge in [-0.2, -0.15) is 5.26 Å². The average molecular weight is 358 g/mol. The van der Waals surface area contributed by atoms with Gasteiger partial charge in [-0.15, -0.1) is 0 Å². The minimum Gasteiger partial charge on any atom is -0.368 e. The molecular formula is C21H18N4O2. The normalized spacial score (nSPS) is 11.2. The lowest BCUT2D eigenvalue weighted by atomic mass is 10.1. The van der Waals surface area contributed by atoms with Crippen LogP contribution in [0.3, 0.4) is 0 Å². The molecule has 0 unspecified atom stereocenters. The van der Waals surface area contributed by atoms with Gasteiger partial charge in [-0.3, -0.25) is 9.59 Å². The molecule has 1 aromatic heterocycles. The monoisotopic (exact) mass is 358 g/mol. The Balaban J connectivity index is 1.98. The van der Waals surface area contributed by atoms with Crippen molar-refractivity contribution in [2.45, 2.75) is 13.5 Å². The van der Waals surface area contributed by atoms with Gasteiger partial charge in [0, 0.05) is 28.4 Å². The number of carbonyl (C=O) groups excluding carboxylic acids is 2. The molecule has 0 saturated heterocycles. The number of anilines is 1. The highest BCUT2D eigenvalue weighted by molar-refractivity contribution is 6.11. The van der Waals surface area contributed by atoms with E-state index in [1.54, 1.807) is 16.8 Å². The number of nitrogens with one attached hydrogen (secondary N) is 1. The second-order valence-electron chi connectivity index (χ2n) is 6.13. The van der Waals surface area contributed by atoms with E-state index in [0.717, 1.165) is 16.5 Å². The smallest absolute Gasteiger partial charge is 0.266 e. The summed E-state index contributed by atoms with van der Waals surface area (Å²) in [5, 5.41) is 13.1. The van der Waals surface area contributed by atoms with Crippen LogP contribution in [-0.4, -0.2) is 16.4 Å². The third kappa shape index (κ3) is 3.88. The molecule has 6 nitrogen and oxygen atoms in total.